The quantitative estimate of drug-likeness (QED) is 0.319. The van der Waals surface area contributed by atoms with Gasteiger partial charge in [-0.15, -0.1) is 0 Å². The van der Waals surface area contributed by atoms with Gasteiger partial charge in [0.2, 0.25) is 0 Å². The molecule has 208 valence electrons. The molecule has 6 rings (SSSR count). The Morgan fingerprint density at radius 3 is 2.50 bits per heavy atom. The third-order valence-electron chi connectivity index (χ3n) is 7.28. The van der Waals surface area contributed by atoms with Gasteiger partial charge in [0.25, 0.3) is 5.91 Å². The molecule has 2 aliphatic heterocycles. The Labute approximate surface area is 226 Å². The highest BCUT2D eigenvalue weighted by Crippen LogP contribution is 2.50. The molecule has 1 amide bonds. The van der Waals surface area contributed by atoms with E-state index in [2.05, 4.69) is 9.97 Å². The fourth-order valence-electron chi connectivity index (χ4n) is 5.58. The van der Waals surface area contributed by atoms with Crippen molar-refractivity contribution >= 4 is 24.8 Å². The van der Waals surface area contributed by atoms with E-state index in [9.17, 15) is 27.9 Å². The van der Waals surface area contributed by atoms with E-state index in [-0.39, 0.29) is 23.5 Å². The van der Waals surface area contributed by atoms with Crippen LogP contribution in [0.25, 0.3) is 22.2 Å². The molecule has 2 N–H and O–H groups in total. The number of imidazole rings is 1. The van der Waals surface area contributed by atoms with Gasteiger partial charge >= 0.3 is 14.4 Å². The second kappa shape index (κ2) is 9.13. The van der Waals surface area contributed by atoms with Crippen LogP contribution in [0.3, 0.4) is 0 Å². The second-order valence-electron chi connectivity index (χ2n) is 10.2. The molecule has 4 aromatic rings. The molecule has 4 heterocycles. The highest BCUT2D eigenvalue weighted by Gasteiger charge is 2.45. The molecule has 2 aliphatic rings. The number of benzene rings is 2. The predicted molar refractivity (Wildman–Crippen MR) is 138 cm³/mol. The van der Waals surface area contributed by atoms with E-state index in [1.807, 2.05) is 22.8 Å². The van der Waals surface area contributed by atoms with Gasteiger partial charge in [0.05, 0.1) is 23.1 Å². The summed E-state index contributed by atoms with van der Waals surface area (Å²) in [7, 11) is -3.09. The standard InChI is InChI=1S/C26H24F2N5O6P/c1-26(2,39-40(35,36)37)24-29-11-14(12-30-24)13-7-8-16-17(9-13)33-18-10-19(22(33)31-16)32(3)23(34)15-5-4-6-20(21(15)18)38-25(27)28/h4-9,11-12,18-19,25H,10H2,1-3H3,(H2,35,36,37)/t18-,19+/m1/s1. The molecule has 14 heteroatoms. The summed E-state index contributed by atoms with van der Waals surface area (Å²) in [4.78, 5) is 46.6. The molecule has 2 atom stereocenters. The largest absolute Gasteiger partial charge is 0.470 e. The summed E-state index contributed by atoms with van der Waals surface area (Å²) in [5.41, 5.74) is 2.02. The lowest BCUT2D eigenvalue weighted by Gasteiger charge is -2.24. The van der Waals surface area contributed by atoms with Gasteiger partial charge in [-0.25, -0.2) is 19.5 Å². The summed E-state index contributed by atoms with van der Waals surface area (Å²) >= 11 is 0. The van der Waals surface area contributed by atoms with Crippen molar-refractivity contribution in [3.63, 3.8) is 0 Å². The third kappa shape index (κ3) is 4.35. The number of hydrogen-bond acceptors (Lipinski definition) is 7. The molecule has 0 radical (unpaired) electrons. The molecule has 0 spiro atoms. The molecule has 0 saturated carbocycles. The van der Waals surface area contributed by atoms with Crippen LogP contribution in [-0.4, -0.2) is 53.8 Å². The van der Waals surface area contributed by atoms with Crippen molar-refractivity contribution in [1.29, 1.82) is 0 Å². The smallest absolute Gasteiger partial charge is 0.434 e. The van der Waals surface area contributed by atoms with Gasteiger partial charge in [-0.1, -0.05) is 12.1 Å². The minimum Gasteiger partial charge on any atom is -0.434 e. The van der Waals surface area contributed by atoms with Crippen molar-refractivity contribution in [2.45, 2.75) is 44.6 Å². The van der Waals surface area contributed by atoms with E-state index in [1.165, 1.54) is 38.4 Å². The SMILES string of the molecule is CN1C(=O)c2cccc(OC(F)F)c2[C@H]2C[C@H]1c1nc3ccc(-c4cnc(C(C)(C)OP(=O)(O)O)nc4)cc3n12. The van der Waals surface area contributed by atoms with Crippen molar-refractivity contribution in [2.24, 2.45) is 0 Å². The zero-order chi connectivity index (χ0) is 28.6. The van der Waals surface area contributed by atoms with Gasteiger partial charge in [-0.3, -0.25) is 9.32 Å². The fourth-order valence-corrected chi connectivity index (χ4v) is 6.26. The number of fused-ring (bicyclic) bond motifs is 9. The van der Waals surface area contributed by atoms with E-state index >= 15 is 0 Å². The van der Waals surface area contributed by atoms with Crippen molar-refractivity contribution < 1.29 is 37.2 Å². The van der Waals surface area contributed by atoms with E-state index in [0.29, 0.717) is 34.5 Å². The zero-order valence-corrected chi connectivity index (χ0v) is 22.4. The minimum absolute atomic E-state index is 0.0464. The summed E-state index contributed by atoms with van der Waals surface area (Å²) in [6.45, 7) is -0.144. The lowest BCUT2D eigenvalue weighted by atomic mass is 9.97. The number of carbonyl (C=O) groups excluding carboxylic acids is 1. The lowest BCUT2D eigenvalue weighted by Crippen LogP contribution is -2.30. The predicted octanol–water partition coefficient (Wildman–Crippen LogP) is 4.56. The molecule has 11 nitrogen and oxygen atoms in total. The van der Waals surface area contributed by atoms with Crippen LogP contribution in [0, 0.1) is 0 Å². The monoisotopic (exact) mass is 571 g/mol. The van der Waals surface area contributed by atoms with Crippen LogP contribution >= 0.6 is 7.82 Å². The number of nitrogens with zero attached hydrogens (tertiary/aromatic N) is 5. The normalized spacial score (nSPS) is 18.7. The van der Waals surface area contributed by atoms with Crippen molar-refractivity contribution in [3.8, 4) is 16.9 Å². The van der Waals surface area contributed by atoms with Crippen LogP contribution in [0.15, 0.2) is 48.8 Å². The highest BCUT2D eigenvalue weighted by atomic mass is 31.2. The molecule has 0 saturated heterocycles. The molecule has 40 heavy (non-hydrogen) atoms. The van der Waals surface area contributed by atoms with E-state index < -0.39 is 26.1 Å². The van der Waals surface area contributed by atoms with Crippen LogP contribution in [0.1, 0.15) is 59.9 Å². The first-order valence-corrected chi connectivity index (χ1v) is 13.8. The van der Waals surface area contributed by atoms with Crippen LogP contribution in [-0.2, 0) is 14.7 Å². The Morgan fingerprint density at radius 2 is 1.82 bits per heavy atom. The van der Waals surface area contributed by atoms with Crippen LogP contribution in [0.5, 0.6) is 5.75 Å². The summed E-state index contributed by atoms with van der Waals surface area (Å²) in [6.07, 6.45) is 3.50. The Hall–Kier alpha value is -3.77. The average Bonchev–Trinajstić information content (AvgIpc) is 3.40. The summed E-state index contributed by atoms with van der Waals surface area (Å²) in [6, 6.07) is 9.30. The topological polar surface area (TPSA) is 140 Å². The maximum Gasteiger partial charge on any atom is 0.470 e. The number of hydrogen-bond donors (Lipinski definition) is 2. The van der Waals surface area contributed by atoms with Gasteiger partial charge in [0, 0.05) is 42.6 Å². The number of phosphoric ester groups is 1. The number of amides is 1. The first-order valence-electron chi connectivity index (χ1n) is 12.3. The number of aromatic nitrogens is 4. The molecular weight excluding hydrogens is 547 g/mol. The van der Waals surface area contributed by atoms with E-state index in [1.54, 1.807) is 18.0 Å². The number of ether oxygens (including phenoxy) is 1. The number of phosphoric acid groups is 1. The first-order chi connectivity index (χ1) is 18.8. The zero-order valence-electron chi connectivity index (χ0n) is 21.5. The number of carbonyl (C=O) groups is 1. The van der Waals surface area contributed by atoms with Gasteiger partial charge < -0.3 is 24.0 Å². The van der Waals surface area contributed by atoms with Crippen LogP contribution < -0.4 is 4.74 Å². The minimum atomic E-state index is -4.77. The lowest BCUT2D eigenvalue weighted by molar-refractivity contribution is -0.0507. The number of halogens is 2. The molecule has 0 unspecified atom stereocenters. The molecule has 2 bridgehead atoms. The van der Waals surface area contributed by atoms with Gasteiger partial charge in [-0.05, 0) is 43.7 Å². The fraction of sp³-hybridized carbons (Fsp3) is 0.308. The first kappa shape index (κ1) is 26.5. The van der Waals surface area contributed by atoms with Crippen LogP contribution in [0.4, 0.5) is 8.78 Å². The van der Waals surface area contributed by atoms with E-state index in [4.69, 9.17) is 14.2 Å². The maximum absolute atomic E-state index is 13.3. The molecular formula is C26H24F2N5O6P. The molecule has 0 fully saturated rings. The van der Waals surface area contributed by atoms with E-state index in [0.717, 1.165) is 11.1 Å². The summed E-state index contributed by atoms with van der Waals surface area (Å²) < 4.78 is 49.6. The van der Waals surface area contributed by atoms with Crippen molar-refractivity contribution in [2.75, 3.05) is 7.05 Å². The Bertz CT molecular complexity index is 1700. The van der Waals surface area contributed by atoms with Crippen molar-refractivity contribution in [1.82, 2.24) is 24.4 Å². The van der Waals surface area contributed by atoms with Gasteiger partial charge in [-0.2, -0.15) is 8.78 Å². The number of alkyl halides is 2. The molecule has 2 aromatic carbocycles. The van der Waals surface area contributed by atoms with Gasteiger partial charge in [0.1, 0.15) is 17.2 Å². The Balaban J connectivity index is 1.45. The van der Waals surface area contributed by atoms with Crippen LogP contribution in [0.2, 0.25) is 0 Å². The highest BCUT2D eigenvalue weighted by molar-refractivity contribution is 7.46. The summed E-state index contributed by atoms with van der Waals surface area (Å²) in [5.74, 6) is 0.402. The maximum atomic E-state index is 13.3. The molecule has 0 aliphatic carbocycles. The van der Waals surface area contributed by atoms with Gasteiger partial charge in [0.15, 0.2) is 5.82 Å². The molecule has 2 aromatic heterocycles. The van der Waals surface area contributed by atoms with Crippen molar-refractivity contribution in [3.05, 3.63) is 71.6 Å². The Kier molecular flexibility index (Phi) is 6.04. The third-order valence-corrected chi connectivity index (χ3v) is 7.97. The number of rotatable bonds is 6. The summed E-state index contributed by atoms with van der Waals surface area (Å²) in [5, 5.41) is 0. The second-order valence-corrected chi connectivity index (χ2v) is 11.4. The average molecular weight is 571 g/mol. The Morgan fingerprint density at radius 1 is 1.10 bits per heavy atom.